The predicted molar refractivity (Wildman–Crippen MR) is 137 cm³/mol. The molecule has 0 radical (unpaired) electrons. The van der Waals surface area contributed by atoms with Gasteiger partial charge >= 0.3 is 0 Å². The molecule has 0 saturated heterocycles. The average Bonchev–Trinajstić information content (AvgIpc) is 2.84. The molecular weight excluding hydrogens is 468 g/mol. The molecule has 1 amide bonds. The van der Waals surface area contributed by atoms with Crippen molar-refractivity contribution in [3.05, 3.63) is 90.0 Å². The van der Waals surface area contributed by atoms with Crippen LogP contribution in [0.25, 0.3) is 0 Å². The maximum absolute atomic E-state index is 13.2. The largest absolute Gasteiger partial charge is 0.494 e. The number of rotatable bonds is 11. The molecule has 8 heteroatoms. The Morgan fingerprint density at radius 2 is 1.62 bits per heavy atom. The van der Waals surface area contributed by atoms with E-state index in [0.717, 1.165) is 16.0 Å². The molecular formula is C26H30N2O4S2. The number of benzene rings is 3. The number of hydrogen-bond donors (Lipinski definition) is 2. The summed E-state index contributed by atoms with van der Waals surface area (Å²) < 4.78 is 34.2. The molecule has 0 heterocycles. The van der Waals surface area contributed by atoms with Crippen LogP contribution in [0.15, 0.2) is 88.7 Å². The van der Waals surface area contributed by atoms with Crippen LogP contribution in [0.5, 0.6) is 5.75 Å². The molecule has 0 aliphatic carbocycles. The lowest BCUT2D eigenvalue weighted by Crippen LogP contribution is -2.48. The van der Waals surface area contributed by atoms with Gasteiger partial charge in [0.2, 0.25) is 15.9 Å². The summed E-state index contributed by atoms with van der Waals surface area (Å²) >= 11 is 1.65. The summed E-state index contributed by atoms with van der Waals surface area (Å²) in [6.45, 7) is 4.23. The fraction of sp³-hybridized carbons (Fsp3) is 0.269. The van der Waals surface area contributed by atoms with E-state index in [2.05, 4.69) is 10.0 Å². The van der Waals surface area contributed by atoms with Gasteiger partial charge in [-0.05, 0) is 74.0 Å². The van der Waals surface area contributed by atoms with Gasteiger partial charge in [-0.15, -0.1) is 11.8 Å². The smallest absolute Gasteiger partial charge is 0.241 e. The lowest BCUT2D eigenvalue weighted by atomic mass is 10.0. The van der Waals surface area contributed by atoms with Gasteiger partial charge in [0.25, 0.3) is 0 Å². The second-order valence-corrected chi connectivity index (χ2v) is 10.4. The Kier molecular flexibility index (Phi) is 9.15. The van der Waals surface area contributed by atoms with Gasteiger partial charge in [0, 0.05) is 4.90 Å². The molecule has 2 atom stereocenters. The second kappa shape index (κ2) is 12.1. The average molecular weight is 499 g/mol. The summed E-state index contributed by atoms with van der Waals surface area (Å²) in [7, 11) is -3.93. The zero-order chi connectivity index (χ0) is 24.6. The summed E-state index contributed by atoms with van der Waals surface area (Å²) in [5.41, 5.74) is 1.80. The van der Waals surface area contributed by atoms with Crippen molar-refractivity contribution in [3.63, 3.8) is 0 Å². The van der Waals surface area contributed by atoms with Gasteiger partial charge in [0.05, 0.1) is 17.5 Å². The van der Waals surface area contributed by atoms with Gasteiger partial charge in [-0.25, -0.2) is 8.42 Å². The van der Waals surface area contributed by atoms with E-state index in [1.165, 1.54) is 12.1 Å². The molecule has 180 valence electrons. The number of hydrogen-bond acceptors (Lipinski definition) is 5. The first-order chi connectivity index (χ1) is 16.3. The Labute approximate surface area is 206 Å². The van der Waals surface area contributed by atoms with E-state index in [4.69, 9.17) is 4.74 Å². The van der Waals surface area contributed by atoms with E-state index in [1.807, 2.05) is 74.7 Å². The van der Waals surface area contributed by atoms with Crippen molar-refractivity contribution < 1.29 is 17.9 Å². The van der Waals surface area contributed by atoms with Crippen molar-refractivity contribution in [1.82, 2.24) is 10.0 Å². The maximum atomic E-state index is 13.2. The first-order valence-electron chi connectivity index (χ1n) is 11.1. The highest BCUT2D eigenvalue weighted by Crippen LogP contribution is 2.20. The molecule has 2 N–H and O–H groups in total. The molecule has 0 spiro atoms. The van der Waals surface area contributed by atoms with Crippen LogP contribution >= 0.6 is 11.8 Å². The quantitative estimate of drug-likeness (QED) is 0.378. The van der Waals surface area contributed by atoms with Gasteiger partial charge in [0.1, 0.15) is 11.8 Å². The van der Waals surface area contributed by atoms with Crippen LogP contribution < -0.4 is 14.8 Å². The molecule has 34 heavy (non-hydrogen) atoms. The van der Waals surface area contributed by atoms with E-state index in [-0.39, 0.29) is 23.3 Å². The molecule has 0 aliphatic heterocycles. The van der Waals surface area contributed by atoms with Crippen LogP contribution in [0.4, 0.5) is 0 Å². The second-order valence-electron chi connectivity index (χ2n) is 7.77. The van der Waals surface area contributed by atoms with E-state index in [9.17, 15) is 13.2 Å². The molecule has 3 aromatic carbocycles. The maximum Gasteiger partial charge on any atom is 0.241 e. The van der Waals surface area contributed by atoms with Gasteiger partial charge in [-0.1, -0.05) is 42.5 Å². The Morgan fingerprint density at radius 3 is 2.21 bits per heavy atom. The number of carbonyl (C=O) groups excluding carboxylic acids is 1. The van der Waals surface area contributed by atoms with Crippen LogP contribution in [-0.4, -0.2) is 33.2 Å². The van der Waals surface area contributed by atoms with Crippen LogP contribution in [0, 0.1) is 0 Å². The predicted octanol–water partition coefficient (Wildman–Crippen LogP) is 4.57. The summed E-state index contributed by atoms with van der Waals surface area (Å²) in [6, 6.07) is 22.2. The van der Waals surface area contributed by atoms with Gasteiger partial charge < -0.3 is 10.1 Å². The highest BCUT2D eigenvalue weighted by atomic mass is 32.2. The Morgan fingerprint density at radius 1 is 0.971 bits per heavy atom. The van der Waals surface area contributed by atoms with Crippen LogP contribution in [0.3, 0.4) is 0 Å². The van der Waals surface area contributed by atoms with Crippen molar-refractivity contribution >= 4 is 27.7 Å². The minimum atomic E-state index is -3.93. The molecule has 0 unspecified atom stereocenters. The molecule has 0 bridgehead atoms. The summed E-state index contributed by atoms with van der Waals surface area (Å²) in [6.07, 6.45) is 2.23. The molecule has 6 nitrogen and oxygen atoms in total. The fourth-order valence-corrected chi connectivity index (χ4v) is 5.07. The van der Waals surface area contributed by atoms with Crippen molar-refractivity contribution in [2.45, 2.75) is 42.1 Å². The Hall–Kier alpha value is -2.81. The van der Waals surface area contributed by atoms with Crippen LogP contribution in [-0.2, 0) is 21.2 Å². The first kappa shape index (κ1) is 25.8. The minimum Gasteiger partial charge on any atom is -0.494 e. The molecule has 3 rings (SSSR count). The van der Waals surface area contributed by atoms with E-state index < -0.39 is 16.1 Å². The number of thioether (sulfide) groups is 1. The number of amides is 1. The van der Waals surface area contributed by atoms with Crippen LogP contribution in [0.1, 0.15) is 31.0 Å². The van der Waals surface area contributed by atoms with Gasteiger partial charge in [0.15, 0.2) is 0 Å². The highest BCUT2D eigenvalue weighted by Gasteiger charge is 2.27. The molecule has 0 aromatic heterocycles. The third kappa shape index (κ3) is 7.09. The monoisotopic (exact) mass is 498 g/mol. The summed E-state index contributed by atoms with van der Waals surface area (Å²) in [5.74, 6) is 0.196. The van der Waals surface area contributed by atoms with Gasteiger partial charge in [-0.3, -0.25) is 4.79 Å². The number of carbonyl (C=O) groups is 1. The number of sulfonamides is 1. The van der Waals surface area contributed by atoms with Crippen molar-refractivity contribution in [2.24, 2.45) is 0 Å². The van der Waals surface area contributed by atoms with E-state index in [1.54, 1.807) is 23.9 Å². The third-order valence-electron chi connectivity index (χ3n) is 5.32. The SMILES string of the molecule is CCOc1ccc(S(=O)(=O)N[C@@H](Cc2ccccc2)C(=O)N[C@H](C)c2ccc(SC)cc2)cc1. The van der Waals surface area contributed by atoms with Crippen molar-refractivity contribution in [3.8, 4) is 5.75 Å². The Balaban J connectivity index is 1.80. The zero-order valence-corrected chi connectivity index (χ0v) is 21.2. The Bertz CT molecular complexity index is 1170. The van der Waals surface area contributed by atoms with Crippen molar-refractivity contribution in [2.75, 3.05) is 12.9 Å². The third-order valence-corrected chi connectivity index (χ3v) is 7.55. The fourth-order valence-electron chi connectivity index (χ4n) is 3.46. The summed E-state index contributed by atoms with van der Waals surface area (Å²) in [4.78, 5) is 14.4. The molecule has 0 aliphatic rings. The standard InChI is InChI=1S/C26H30N2O4S2/c1-4-32-22-12-16-24(17-13-22)34(30,31)28-25(18-20-8-6-5-7-9-20)26(29)27-19(2)21-10-14-23(33-3)15-11-21/h5-17,19,25,28H,4,18H2,1-3H3,(H,27,29)/t19-,25+/m1/s1. The molecule has 3 aromatic rings. The normalized spacial score (nSPS) is 13.1. The number of nitrogens with one attached hydrogen (secondary N) is 2. The van der Waals surface area contributed by atoms with Gasteiger partial charge in [-0.2, -0.15) is 4.72 Å². The highest BCUT2D eigenvalue weighted by molar-refractivity contribution is 7.98. The minimum absolute atomic E-state index is 0.0718. The van der Waals surface area contributed by atoms with Crippen molar-refractivity contribution in [1.29, 1.82) is 0 Å². The van der Waals surface area contributed by atoms with E-state index >= 15 is 0 Å². The van der Waals surface area contributed by atoms with E-state index in [0.29, 0.717) is 12.4 Å². The lowest BCUT2D eigenvalue weighted by Gasteiger charge is -2.22. The zero-order valence-electron chi connectivity index (χ0n) is 19.5. The number of ether oxygens (including phenoxy) is 1. The lowest BCUT2D eigenvalue weighted by molar-refractivity contribution is -0.123. The topological polar surface area (TPSA) is 84.5 Å². The van der Waals surface area contributed by atoms with Crippen LogP contribution in [0.2, 0.25) is 0 Å². The molecule has 0 fully saturated rings. The summed E-state index contributed by atoms with van der Waals surface area (Å²) in [5, 5.41) is 2.96. The molecule has 0 saturated carbocycles. The first-order valence-corrected chi connectivity index (χ1v) is 13.8.